The molecule has 1 amide bonds. The number of hydrogen-bond donors (Lipinski definition) is 0. The molecule has 4 nitrogen and oxygen atoms in total. The molecule has 31 heavy (non-hydrogen) atoms. The van der Waals surface area contributed by atoms with Crippen LogP contribution in [0.25, 0.3) is 6.08 Å². The molecule has 0 saturated heterocycles. The summed E-state index contributed by atoms with van der Waals surface area (Å²) >= 11 is 6.38. The molecule has 0 aliphatic carbocycles. The van der Waals surface area contributed by atoms with Crippen LogP contribution in [0.2, 0.25) is 5.02 Å². The quantitative estimate of drug-likeness (QED) is 0.459. The fourth-order valence-corrected chi connectivity index (χ4v) is 3.67. The summed E-state index contributed by atoms with van der Waals surface area (Å²) < 4.78 is 11.4. The lowest BCUT2D eigenvalue weighted by atomic mass is 10.1. The van der Waals surface area contributed by atoms with Gasteiger partial charge in [-0.3, -0.25) is 4.79 Å². The van der Waals surface area contributed by atoms with Gasteiger partial charge >= 0.3 is 0 Å². The van der Waals surface area contributed by atoms with Crippen LogP contribution in [0.3, 0.4) is 0 Å². The van der Waals surface area contributed by atoms with Crippen molar-refractivity contribution in [1.82, 2.24) is 0 Å². The summed E-state index contributed by atoms with van der Waals surface area (Å²) in [6.45, 7) is 3.66. The SMILES string of the molecule is Cc1ccc(N(Cc2ccccc2)C(=O)C=Cc2cc(Cl)c3c(c2)OCCCO3)cc1. The molecule has 1 aliphatic rings. The Labute approximate surface area is 187 Å². The number of benzene rings is 3. The highest BCUT2D eigenvalue weighted by molar-refractivity contribution is 6.32. The van der Waals surface area contributed by atoms with Gasteiger partial charge in [0.15, 0.2) is 11.5 Å². The summed E-state index contributed by atoms with van der Waals surface area (Å²) in [6.07, 6.45) is 4.13. The van der Waals surface area contributed by atoms with Gasteiger partial charge in [0.2, 0.25) is 0 Å². The van der Waals surface area contributed by atoms with E-state index in [1.54, 1.807) is 23.1 Å². The maximum absolute atomic E-state index is 13.2. The van der Waals surface area contributed by atoms with Crippen molar-refractivity contribution in [3.05, 3.63) is 94.5 Å². The van der Waals surface area contributed by atoms with Gasteiger partial charge in [0.25, 0.3) is 5.91 Å². The van der Waals surface area contributed by atoms with E-state index in [0.717, 1.165) is 28.8 Å². The van der Waals surface area contributed by atoms with Crippen LogP contribution < -0.4 is 14.4 Å². The topological polar surface area (TPSA) is 38.8 Å². The molecule has 0 fully saturated rings. The number of carbonyl (C=O) groups excluding carboxylic acids is 1. The maximum Gasteiger partial charge on any atom is 0.251 e. The van der Waals surface area contributed by atoms with E-state index in [1.807, 2.05) is 67.6 Å². The first-order chi connectivity index (χ1) is 15.1. The Morgan fingerprint density at radius 3 is 2.55 bits per heavy atom. The zero-order chi connectivity index (χ0) is 21.6. The monoisotopic (exact) mass is 433 g/mol. The zero-order valence-corrected chi connectivity index (χ0v) is 18.1. The molecule has 0 bridgehead atoms. The molecule has 5 heteroatoms. The molecule has 1 aliphatic heterocycles. The van der Waals surface area contributed by atoms with Gasteiger partial charge in [-0.1, -0.05) is 59.6 Å². The summed E-state index contributed by atoms with van der Waals surface area (Å²) in [6, 6.07) is 21.5. The normalized spacial score (nSPS) is 13.1. The van der Waals surface area contributed by atoms with Gasteiger partial charge in [-0.15, -0.1) is 0 Å². The van der Waals surface area contributed by atoms with Crippen LogP contribution in [0, 0.1) is 6.92 Å². The molecule has 3 aromatic carbocycles. The standard InChI is InChI=1S/C26H24ClNO3/c1-19-8-11-22(12-9-19)28(18-20-6-3-2-4-7-20)25(29)13-10-21-16-23(27)26-24(17-21)30-14-5-15-31-26/h2-4,6-13,16-17H,5,14-15,18H2,1H3. The third kappa shape index (κ3) is 5.28. The third-order valence-electron chi connectivity index (χ3n) is 5.04. The second-order valence-electron chi connectivity index (χ2n) is 7.46. The average Bonchev–Trinajstić information content (AvgIpc) is 3.03. The fraction of sp³-hybridized carbons (Fsp3) is 0.192. The van der Waals surface area contributed by atoms with Crippen molar-refractivity contribution < 1.29 is 14.3 Å². The number of carbonyl (C=O) groups is 1. The largest absolute Gasteiger partial charge is 0.489 e. The second kappa shape index (κ2) is 9.71. The lowest BCUT2D eigenvalue weighted by Gasteiger charge is -2.22. The van der Waals surface area contributed by atoms with E-state index < -0.39 is 0 Å². The molecule has 0 atom stereocenters. The van der Waals surface area contributed by atoms with E-state index in [-0.39, 0.29) is 5.91 Å². The number of halogens is 1. The van der Waals surface area contributed by atoms with Crippen LogP contribution in [0.1, 0.15) is 23.1 Å². The number of fused-ring (bicyclic) bond motifs is 1. The Morgan fingerprint density at radius 2 is 1.77 bits per heavy atom. The van der Waals surface area contributed by atoms with Gasteiger partial charge in [0.1, 0.15) is 0 Å². The van der Waals surface area contributed by atoms with Gasteiger partial charge < -0.3 is 14.4 Å². The predicted molar refractivity (Wildman–Crippen MR) is 125 cm³/mol. The third-order valence-corrected chi connectivity index (χ3v) is 5.32. The Morgan fingerprint density at radius 1 is 1.03 bits per heavy atom. The van der Waals surface area contributed by atoms with Gasteiger partial charge in [0, 0.05) is 18.2 Å². The molecular formula is C26H24ClNO3. The van der Waals surface area contributed by atoms with Crippen LogP contribution in [0.5, 0.6) is 11.5 Å². The molecule has 3 aromatic rings. The first-order valence-electron chi connectivity index (χ1n) is 10.3. The van der Waals surface area contributed by atoms with Crippen LogP contribution >= 0.6 is 11.6 Å². The van der Waals surface area contributed by atoms with Crippen LogP contribution in [0.15, 0.2) is 72.8 Å². The van der Waals surface area contributed by atoms with E-state index in [4.69, 9.17) is 21.1 Å². The number of aryl methyl sites for hydroxylation is 1. The molecule has 0 unspecified atom stereocenters. The molecule has 4 rings (SSSR count). The van der Waals surface area contributed by atoms with Gasteiger partial charge in [-0.2, -0.15) is 0 Å². The van der Waals surface area contributed by atoms with Crippen molar-refractivity contribution in [1.29, 1.82) is 0 Å². The Kier molecular flexibility index (Phi) is 6.58. The number of ether oxygens (including phenoxy) is 2. The Balaban J connectivity index is 1.59. The van der Waals surface area contributed by atoms with Crippen molar-refractivity contribution in [2.75, 3.05) is 18.1 Å². The predicted octanol–water partition coefficient (Wildman–Crippen LogP) is 6.06. The van der Waals surface area contributed by atoms with E-state index >= 15 is 0 Å². The Bertz CT molecular complexity index is 1080. The van der Waals surface area contributed by atoms with Crippen LogP contribution in [-0.4, -0.2) is 19.1 Å². The Hall–Kier alpha value is -3.24. The maximum atomic E-state index is 13.2. The van der Waals surface area contributed by atoms with E-state index in [1.165, 1.54) is 0 Å². The highest BCUT2D eigenvalue weighted by atomic mass is 35.5. The van der Waals surface area contributed by atoms with Gasteiger partial charge in [0.05, 0.1) is 24.8 Å². The minimum atomic E-state index is -0.115. The molecule has 0 aromatic heterocycles. The van der Waals surface area contributed by atoms with Crippen LogP contribution in [0.4, 0.5) is 5.69 Å². The minimum absolute atomic E-state index is 0.115. The fourth-order valence-electron chi connectivity index (χ4n) is 3.39. The van der Waals surface area contributed by atoms with Crippen molar-refractivity contribution in [2.45, 2.75) is 19.9 Å². The smallest absolute Gasteiger partial charge is 0.251 e. The lowest BCUT2D eigenvalue weighted by Crippen LogP contribution is -2.28. The van der Waals surface area contributed by atoms with E-state index in [0.29, 0.717) is 36.3 Å². The van der Waals surface area contributed by atoms with Gasteiger partial charge in [-0.25, -0.2) is 0 Å². The van der Waals surface area contributed by atoms with Crippen molar-refractivity contribution >= 4 is 29.3 Å². The molecule has 158 valence electrons. The second-order valence-corrected chi connectivity index (χ2v) is 7.87. The average molecular weight is 434 g/mol. The highest BCUT2D eigenvalue weighted by Gasteiger charge is 2.16. The number of anilines is 1. The molecule has 0 N–H and O–H groups in total. The summed E-state index contributed by atoms with van der Waals surface area (Å²) in [5, 5.41) is 0.478. The first kappa shape index (κ1) is 21.0. The molecule has 0 radical (unpaired) electrons. The van der Waals surface area contributed by atoms with Crippen LogP contribution in [-0.2, 0) is 11.3 Å². The van der Waals surface area contributed by atoms with Gasteiger partial charge in [-0.05, 0) is 48.4 Å². The molecule has 1 heterocycles. The lowest BCUT2D eigenvalue weighted by molar-refractivity contribution is -0.114. The minimum Gasteiger partial charge on any atom is -0.489 e. The van der Waals surface area contributed by atoms with E-state index in [9.17, 15) is 4.79 Å². The van der Waals surface area contributed by atoms with Crippen molar-refractivity contribution in [3.63, 3.8) is 0 Å². The van der Waals surface area contributed by atoms with Crippen molar-refractivity contribution in [2.24, 2.45) is 0 Å². The summed E-state index contributed by atoms with van der Waals surface area (Å²) in [7, 11) is 0. The van der Waals surface area contributed by atoms with E-state index in [2.05, 4.69) is 0 Å². The first-order valence-corrected chi connectivity index (χ1v) is 10.7. The molecule has 0 spiro atoms. The zero-order valence-electron chi connectivity index (χ0n) is 17.4. The number of rotatable bonds is 5. The molecular weight excluding hydrogens is 410 g/mol. The number of nitrogens with zero attached hydrogens (tertiary/aromatic N) is 1. The number of hydrogen-bond acceptors (Lipinski definition) is 3. The number of amides is 1. The molecule has 0 saturated carbocycles. The summed E-state index contributed by atoms with van der Waals surface area (Å²) in [5.41, 5.74) is 3.84. The summed E-state index contributed by atoms with van der Waals surface area (Å²) in [4.78, 5) is 14.9. The highest BCUT2D eigenvalue weighted by Crippen LogP contribution is 2.38. The summed E-state index contributed by atoms with van der Waals surface area (Å²) in [5.74, 6) is 1.06. The van der Waals surface area contributed by atoms with Crippen molar-refractivity contribution in [3.8, 4) is 11.5 Å².